The zero-order chi connectivity index (χ0) is 11.7. The predicted octanol–water partition coefficient (Wildman–Crippen LogP) is 4.29. The monoisotopic (exact) mass is 272 g/mol. The van der Waals surface area contributed by atoms with E-state index in [1.807, 2.05) is 12.1 Å². The molecular weight excluding hydrogens is 266 g/mol. The molecule has 0 amide bonds. The van der Waals surface area contributed by atoms with Gasteiger partial charge in [-0.2, -0.15) is 0 Å². The van der Waals surface area contributed by atoms with E-state index in [1.165, 1.54) is 0 Å². The van der Waals surface area contributed by atoms with Crippen LogP contribution in [0.5, 0.6) is 0 Å². The molecule has 0 aliphatic heterocycles. The summed E-state index contributed by atoms with van der Waals surface area (Å²) in [6, 6.07) is 8.79. The topological polar surface area (TPSA) is 38.9 Å². The molecule has 82 valence electrons. The van der Waals surface area contributed by atoms with Gasteiger partial charge >= 0.3 is 0 Å². The predicted molar refractivity (Wildman–Crippen MR) is 69.1 cm³/mol. The van der Waals surface area contributed by atoms with Crippen molar-refractivity contribution in [1.29, 1.82) is 0 Å². The minimum atomic E-state index is 0.251. The van der Waals surface area contributed by atoms with Crippen molar-refractivity contribution in [2.24, 2.45) is 0 Å². The van der Waals surface area contributed by atoms with E-state index in [1.54, 1.807) is 18.2 Å². The van der Waals surface area contributed by atoms with Gasteiger partial charge in [-0.25, -0.2) is 4.98 Å². The molecule has 0 fully saturated rings. The first kappa shape index (κ1) is 11.5. The molecule has 1 aromatic carbocycles. The van der Waals surface area contributed by atoms with E-state index in [4.69, 9.17) is 40.5 Å². The number of aromatic nitrogens is 1. The number of rotatable bonds is 1. The molecular formula is C11H7Cl3N2. The fourth-order valence-corrected chi connectivity index (χ4v) is 1.98. The summed E-state index contributed by atoms with van der Waals surface area (Å²) in [5.41, 5.74) is 7.01. The SMILES string of the molecule is Nc1nc(-c2cccc(Cl)c2)c(Cl)cc1Cl. The lowest BCUT2D eigenvalue weighted by atomic mass is 10.1. The molecule has 1 aromatic heterocycles. The normalized spacial score (nSPS) is 10.4. The highest BCUT2D eigenvalue weighted by molar-refractivity contribution is 6.37. The van der Waals surface area contributed by atoms with Crippen LogP contribution in [-0.4, -0.2) is 4.98 Å². The molecule has 5 heteroatoms. The lowest BCUT2D eigenvalue weighted by molar-refractivity contribution is 1.33. The molecule has 0 bridgehead atoms. The molecule has 0 radical (unpaired) electrons. The van der Waals surface area contributed by atoms with E-state index in [9.17, 15) is 0 Å². The number of hydrogen-bond donors (Lipinski definition) is 1. The Hall–Kier alpha value is -0.960. The third-order valence-electron chi connectivity index (χ3n) is 2.05. The highest BCUT2D eigenvalue weighted by Crippen LogP contribution is 2.31. The smallest absolute Gasteiger partial charge is 0.143 e. The van der Waals surface area contributed by atoms with Gasteiger partial charge in [-0.3, -0.25) is 0 Å². The van der Waals surface area contributed by atoms with Crippen LogP contribution in [0.1, 0.15) is 0 Å². The average molecular weight is 274 g/mol. The van der Waals surface area contributed by atoms with Gasteiger partial charge in [-0.05, 0) is 18.2 Å². The van der Waals surface area contributed by atoms with E-state index in [2.05, 4.69) is 4.98 Å². The summed E-state index contributed by atoms with van der Waals surface area (Å²) in [6.45, 7) is 0. The summed E-state index contributed by atoms with van der Waals surface area (Å²) in [7, 11) is 0. The maximum atomic E-state index is 6.04. The minimum Gasteiger partial charge on any atom is -0.382 e. The molecule has 0 aliphatic carbocycles. The number of nitrogens with two attached hydrogens (primary N) is 1. The Kier molecular flexibility index (Phi) is 3.24. The Balaban J connectivity index is 2.60. The van der Waals surface area contributed by atoms with Crippen LogP contribution in [0, 0.1) is 0 Å². The minimum absolute atomic E-state index is 0.251. The van der Waals surface area contributed by atoms with E-state index < -0.39 is 0 Å². The number of nitrogens with zero attached hydrogens (tertiary/aromatic N) is 1. The molecule has 0 atom stereocenters. The van der Waals surface area contributed by atoms with Crippen LogP contribution in [0.3, 0.4) is 0 Å². The van der Waals surface area contributed by atoms with Crippen LogP contribution >= 0.6 is 34.8 Å². The molecule has 0 saturated heterocycles. The van der Waals surface area contributed by atoms with Crippen LogP contribution in [-0.2, 0) is 0 Å². The first-order valence-electron chi connectivity index (χ1n) is 4.45. The summed E-state index contributed by atoms with van der Waals surface area (Å²) in [6.07, 6.45) is 0. The second-order valence-electron chi connectivity index (χ2n) is 3.20. The second kappa shape index (κ2) is 4.50. The lowest BCUT2D eigenvalue weighted by Crippen LogP contribution is -1.94. The first-order chi connectivity index (χ1) is 7.58. The van der Waals surface area contributed by atoms with Crippen molar-refractivity contribution >= 4 is 40.6 Å². The number of anilines is 1. The molecule has 2 N–H and O–H groups in total. The second-order valence-corrected chi connectivity index (χ2v) is 4.45. The molecule has 16 heavy (non-hydrogen) atoms. The van der Waals surface area contributed by atoms with Crippen molar-refractivity contribution in [2.45, 2.75) is 0 Å². The van der Waals surface area contributed by atoms with E-state index in [0.717, 1.165) is 5.56 Å². The van der Waals surface area contributed by atoms with Gasteiger partial charge in [0.15, 0.2) is 0 Å². The Morgan fingerprint density at radius 2 is 1.75 bits per heavy atom. The van der Waals surface area contributed by atoms with Gasteiger partial charge < -0.3 is 5.73 Å². The zero-order valence-corrected chi connectivity index (χ0v) is 10.3. The van der Waals surface area contributed by atoms with E-state index in [-0.39, 0.29) is 5.82 Å². The summed E-state index contributed by atoms with van der Waals surface area (Å²) < 4.78 is 0. The Morgan fingerprint density at radius 1 is 1.00 bits per heavy atom. The van der Waals surface area contributed by atoms with Gasteiger partial charge in [0.25, 0.3) is 0 Å². The van der Waals surface area contributed by atoms with Gasteiger partial charge in [-0.1, -0.05) is 46.9 Å². The molecule has 0 saturated carbocycles. The van der Waals surface area contributed by atoms with Gasteiger partial charge in [0, 0.05) is 10.6 Å². The van der Waals surface area contributed by atoms with Crippen LogP contribution < -0.4 is 5.73 Å². The lowest BCUT2D eigenvalue weighted by Gasteiger charge is -2.06. The van der Waals surface area contributed by atoms with Crippen molar-refractivity contribution in [1.82, 2.24) is 4.98 Å². The summed E-state index contributed by atoms with van der Waals surface area (Å²) >= 11 is 17.7. The van der Waals surface area contributed by atoms with E-state index >= 15 is 0 Å². The van der Waals surface area contributed by atoms with Crippen LogP contribution in [0.25, 0.3) is 11.3 Å². The van der Waals surface area contributed by atoms with Gasteiger partial charge in [-0.15, -0.1) is 0 Å². The van der Waals surface area contributed by atoms with Crippen molar-refractivity contribution in [3.05, 3.63) is 45.4 Å². The summed E-state index contributed by atoms with van der Waals surface area (Å²) in [5, 5.41) is 1.40. The summed E-state index contributed by atoms with van der Waals surface area (Å²) in [4.78, 5) is 4.14. The highest BCUT2D eigenvalue weighted by atomic mass is 35.5. The molecule has 2 aromatic rings. The molecule has 0 aliphatic rings. The van der Waals surface area contributed by atoms with E-state index in [0.29, 0.717) is 20.8 Å². The van der Waals surface area contributed by atoms with Crippen LogP contribution in [0.2, 0.25) is 15.1 Å². The standard InChI is InChI=1S/C11H7Cl3N2/c12-7-3-1-2-6(4-7)10-8(13)5-9(14)11(15)16-10/h1-5H,(H2,15,16). The number of benzene rings is 1. The van der Waals surface area contributed by atoms with Crippen molar-refractivity contribution in [3.63, 3.8) is 0 Å². The number of nitrogen functional groups attached to an aromatic ring is 1. The van der Waals surface area contributed by atoms with Crippen molar-refractivity contribution < 1.29 is 0 Å². The Morgan fingerprint density at radius 3 is 2.44 bits per heavy atom. The Labute approximate surface area is 108 Å². The quantitative estimate of drug-likeness (QED) is 0.842. The van der Waals surface area contributed by atoms with Gasteiger partial charge in [0.05, 0.1) is 15.7 Å². The third-order valence-corrected chi connectivity index (χ3v) is 2.88. The number of hydrogen-bond acceptors (Lipinski definition) is 2. The molecule has 0 unspecified atom stereocenters. The molecule has 2 rings (SSSR count). The maximum absolute atomic E-state index is 6.04. The molecule has 1 heterocycles. The average Bonchev–Trinajstić information content (AvgIpc) is 2.23. The third kappa shape index (κ3) is 2.24. The maximum Gasteiger partial charge on any atom is 0.143 e. The van der Waals surface area contributed by atoms with Crippen LogP contribution in [0.15, 0.2) is 30.3 Å². The zero-order valence-electron chi connectivity index (χ0n) is 8.05. The molecule has 0 spiro atoms. The fraction of sp³-hybridized carbons (Fsp3) is 0. The number of pyridine rings is 1. The van der Waals surface area contributed by atoms with Crippen LogP contribution in [0.4, 0.5) is 5.82 Å². The first-order valence-corrected chi connectivity index (χ1v) is 5.59. The number of halogens is 3. The van der Waals surface area contributed by atoms with Gasteiger partial charge in [0.1, 0.15) is 5.82 Å². The highest BCUT2D eigenvalue weighted by Gasteiger charge is 2.09. The summed E-state index contributed by atoms with van der Waals surface area (Å²) in [5.74, 6) is 0.251. The van der Waals surface area contributed by atoms with Gasteiger partial charge in [0.2, 0.25) is 0 Å². The largest absolute Gasteiger partial charge is 0.382 e. The molecule has 2 nitrogen and oxygen atoms in total. The van der Waals surface area contributed by atoms with Crippen molar-refractivity contribution in [2.75, 3.05) is 5.73 Å². The Bertz CT molecular complexity index is 541. The van der Waals surface area contributed by atoms with Crippen molar-refractivity contribution in [3.8, 4) is 11.3 Å². The fourth-order valence-electron chi connectivity index (χ4n) is 1.32.